The molecule has 0 heteroatoms. The van der Waals surface area contributed by atoms with Crippen molar-refractivity contribution >= 4 is 5.57 Å². The van der Waals surface area contributed by atoms with E-state index in [0.29, 0.717) is 5.41 Å². The zero-order valence-electron chi connectivity index (χ0n) is 32.9. The first-order valence-electron chi connectivity index (χ1n) is 19.0. The Kier molecular flexibility index (Phi) is 33.5. The maximum absolute atomic E-state index is 4.27. The van der Waals surface area contributed by atoms with Gasteiger partial charge in [-0.25, -0.2) is 0 Å². The quantitative estimate of drug-likeness (QED) is 0.120. The van der Waals surface area contributed by atoms with Gasteiger partial charge in [-0.3, -0.25) is 0 Å². The lowest BCUT2D eigenvalue weighted by molar-refractivity contribution is 0.221. The molecule has 0 bridgehead atoms. The van der Waals surface area contributed by atoms with Gasteiger partial charge in [-0.1, -0.05) is 180 Å². The first-order valence-corrected chi connectivity index (χ1v) is 19.0. The lowest BCUT2D eigenvalue weighted by Crippen LogP contribution is -2.21. The average molecular weight is 621 g/mol. The molecule has 0 atom stereocenters. The Labute approximate surface area is 285 Å². The summed E-state index contributed by atoms with van der Waals surface area (Å²) in [5.41, 5.74) is 10.2. The first-order chi connectivity index (χ1) is 21.6. The summed E-state index contributed by atoms with van der Waals surface area (Å²) in [6, 6.07) is 8.39. The summed E-state index contributed by atoms with van der Waals surface area (Å²) in [4.78, 5) is 0. The van der Waals surface area contributed by atoms with E-state index in [4.69, 9.17) is 0 Å². The minimum absolute atomic E-state index is 0.490. The lowest BCUT2D eigenvalue weighted by atomic mass is 9.71. The van der Waals surface area contributed by atoms with E-state index in [-0.39, 0.29) is 0 Å². The molecule has 1 aliphatic carbocycles. The van der Waals surface area contributed by atoms with E-state index >= 15 is 0 Å². The van der Waals surface area contributed by atoms with Gasteiger partial charge in [0.1, 0.15) is 0 Å². The third-order valence-corrected chi connectivity index (χ3v) is 8.29. The van der Waals surface area contributed by atoms with Gasteiger partial charge >= 0.3 is 0 Å². The monoisotopic (exact) mass is 621 g/mol. The van der Waals surface area contributed by atoms with Crippen molar-refractivity contribution in [1.29, 1.82) is 0 Å². The Bertz CT molecular complexity index is 907. The van der Waals surface area contributed by atoms with Gasteiger partial charge in [0.05, 0.1) is 0 Å². The average Bonchev–Trinajstić information content (AvgIpc) is 3.42. The van der Waals surface area contributed by atoms with Gasteiger partial charge in [0.15, 0.2) is 0 Å². The first kappa shape index (κ1) is 47.3. The van der Waals surface area contributed by atoms with Crippen LogP contribution in [0.5, 0.6) is 0 Å². The van der Waals surface area contributed by atoms with Gasteiger partial charge < -0.3 is 0 Å². The van der Waals surface area contributed by atoms with Crippen LogP contribution in [0.2, 0.25) is 0 Å². The zero-order chi connectivity index (χ0) is 35.1. The van der Waals surface area contributed by atoms with E-state index in [2.05, 4.69) is 112 Å². The smallest absolute Gasteiger partial charge is 0.00863 e. The highest BCUT2D eigenvalue weighted by Gasteiger charge is 2.31. The second-order valence-corrected chi connectivity index (χ2v) is 12.8. The molecule has 0 fully saturated rings. The molecule has 0 heterocycles. The van der Waals surface area contributed by atoms with Gasteiger partial charge in [0.25, 0.3) is 0 Å². The Morgan fingerprint density at radius 1 is 0.756 bits per heavy atom. The molecule has 0 amide bonds. The molecule has 0 aliphatic heterocycles. The van der Waals surface area contributed by atoms with E-state index in [1.165, 1.54) is 107 Å². The van der Waals surface area contributed by atoms with Crippen molar-refractivity contribution < 1.29 is 0 Å². The topological polar surface area (TPSA) is 0 Å². The zero-order valence-corrected chi connectivity index (χ0v) is 32.9. The van der Waals surface area contributed by atoms with Crippen molar-refractivity contribution in [3.8, 4) is 0 Å². The largest absolute Gasteiger partial charge is 0.103 e. The summed E-state index contributed by atoms with van der Waals surface area (Å²) in [6.07, 6.45) is 25.2. The van der Waals surface area contributed by atoms with E-state index in [9.17, 15) is 0 Å². The van der Waals surface area contributed by atoms with Crippen LogP contribution >= 0.6 is 0 Å². The predicted molar refractivity (Wildman–Crippen MR) is 213 cm³/mol. The van der Waals surface area contributed by atoms with Gasteiger partial charge in [-0.2, -0.15) is 0 Å². The van der Waals surface area contributed by atoms with Crippen LogP contribution in [0.1, 0.15) is 190 Å². The van der Waals surface area contributed by atoms with Crippen molar-refractivity contribution in [2.24, 2.45) is 5.41 Å². The molecule has 0 spiro atoms. The van der Waals surface area contributed by atoms with Crippen LogP contribution in [0.25, 0.3) is 5.57 Å². The highest BCUT2D eigenvalue weighted by Crippen LogP contribution is 2.46. The summed E-state index contributed by atoms with van der Waals surface area (Å²) in [6.45, 7) is 38.1. The minimum Gasteiger partial charge on any atom is -0.103 e. The summed E-state index contributed by atoms with van der Waals surface area (Å²) < 4.78 is 0. The normalized spacial score (nSPS) is 11.8. The molecule has 45 heavy (non-hydrogen) atoms. The van der Waals surface area contributed by atoms with Gasteiger partial charge in [-0.05, 0) is 99.8 Å². The van der Waals surface area contributed by atoms with Crippen molar-refractivity contribution in [1.82, 2.24) is 0 Å². The van der Waals surface area contributed by atoms with E-state index in [1.54, 1.807) is 16.7 Å². The summed E-state index contributed by atoms with van der Waals surface area (Å²) in [5.74, 6) is 0. The fraction of sp³-hybridized carbons (Fsp3) is 0.644. The second-order valence-electron chi connectivity index (χ2n) is 12.8. The van der Waals surface area contributed by atoms with Crippen molar-refractivity contribution in [2.45, 2.75) is 186 Å². The molecule has 0 saturated carbocycles. The Hall–Kier alpha value is -2.08. The number of rotatable bonds is 17. The van der Waals surface area contributed by atoms with Crippen LogP contribution in [-0.2, 0) is 0 Å². The van der Waals surface area contributed by atoms with Crippen LogP contribution in [0.3, 0.4) is 0 Å². The molecule has 1 aromatic rings. The molecule has 0 saturated heterocycles. The third kappa shape index (κ3) is 23.0. The molecule has 1 aromatic carbocycles. The molecular formula is C45H80. The number of benzene rings is 1. The maximum Gasteiger partial charge on any atom is -0.00863 e. The van der Waals surface area contributed by atoms with E-state index in [0.717, 1.165) is 18.4 Å². The van der Waals surface area contributed by atoms with Gasteiger partial charge in [0.2, 0.25) is 0 Å². The molecule has 0 aromatic heterocycles. The molecule has 0 nitrogen and oxygen atoms in total. The second kappa shape index (κ2) is 31.9. The SMILES string of the molecule is C=C(C)c1ccc(C)cc1.C=CCCCCC1=CCC(C(=C)C)=C1CC(CC)(CCC)CCC.CC.CCC.CCCCCC. The number of allylic oxidation sites excluding steroid dienone is 7. The molecule has 260 valence electrons. The molecule has 0 N–H and O–H groups in total. The minimum atomic E-state index is 0.490. The summed E-state index contributed by atoms with van der Waals surface area (Å²) >= 11 is 0. The van der Waals surface area contributed by atoms with Crippen LogP contribution in [0.4, 0.5) is 0 Å². The van der Waals surface area contributed by atoms with Gasteiger partial charge in [-0.15, -0.1) is 6.58 Å². The Morgan fingerprint density at radius 2 is 1.27 bits per heavy atom. The Morgan fingerprint density at radius 3 is 1.64 bits per heavy atom. The number of hydrogen-bond acceptors (Lipinski definition) is 0. The van der Waals surface area contributed by atoms with Crippen molar-refractivity contribution in [2.75, 3.05) is 0 Å². The number of unbranched alkanes of at least 4 members (excludes halogenated alkanes) is 5. The highest BCUT2D eigenvalue weighted by molar-refractivity contribution is 5.61. The molecule has 0 unspecified atom stereocenters. The standard InChI is InChI=1S/C24H40.C10H12.C6H14.C3H8.C2H6/c1-7-11-12-13-14-21-15-16-22(20(5)6)23(21)19-24(10-4,17-8-2)18-9-3;1-8(2)10-6-4-9(3)5-7-10;1-3-5-6-4-2;1-3-2;1-2/h7,15H,1,5,8-14,16-19H2,2-4,6H3;4-7H,1H2,2-3H3;3-6H2,1-2H3;3H2,1-2H3;1-2H3. The fourth-order valence-corrected chi connectivity index (χ4v) is 5.73. The van der Waals surface area contributed by atoms with Crippen LogP contribution in [-0.4, -0.2) is 0 Å². The van der Waals surface area contributed by atoms with E-state index in [1.807, 2.05) is 26.8 Å². The molecule has 1 aliphatic rings. The molecule has 2 rings (SSSR count). The number of hydrogen-bond donors (Lipinski definition) is 0. The highest BCUT2D eigenvalue weighted by atomic mass is 14.4. The van der Waals surface area contributed by atoms with E-state index < -0.39 is 0 Å². The number of aryl methyl sites for hydroxylation is 1. The van der Waals surface area contributed by atoms with Crippen LogP contribution in [0.15, 0.2) is 78.4 Å². The fourth-order valence-electron chi connectivity index (χ4n) is 5.73. The van der Waals surface area contributed by atoms with Gasteiger partial charge in [0, 0.05) is 0 Å². The maximum atomic E-state index is 4.27. The van der Waals surface area contributed by atoms with Crippen LogP contribution in [0, 0.1) is 12.3 Å². The molecule has 0 radical (unpaired) electrons. The molecular weight excluding hydrogens is 540 g/mol. The van der Waals surface area contributed by atoms with Crippen LogP contribution < -0.4 is 0 Å². The lowest BCUT2D eigenvalue weighted by Gasteiger charge is -2.34. The Balaban J connectivity index is -0.000000684. The third-order valence-electron chi connectivity index (χ3n) is 8.29. The predicted octanol–water partition coefficient (Wildman–Crippen LogP) is 16.4. The van der Waals surface area contributed by atoms with Crippen molar-refractivity contribution in [3.05, 3.63) is 89.6 Å². The summed E-state index contributed by atoms with van der Waals surface area (Å²) in [7, 11) is 0. The summed E-state index contributed by atoms with van der Waals surface area (Å²) in [5, 5.41) is 0. The van der Waals surface area contributed by atoms with Crippen molar-refractivity contribution in [3.63, 3.8) is 0 Å².